The number of esters is 4. The zero-order valence-corrected chi connectivity index (χ0v) is 66.2. The van der Waals surface area contributed by atoms with E-state index in [1.54, 1.807) is 0 Å². The first-order valence-electron chi connectivity index (χ1n) is 40.8. The third kappa shape index (κ3) is 69.8. The van der Waals surface area contributed by atoms with E-state index in [1.807, 2.05) is 0 Å². The number of carbonyl (C=O) groups is 4. The third-order valence-electron chi connectivity index (χ3n) is 19.0. The molecular weight excluding hydrogens is 1280 g/mol. The van der Waals surface area contributed by atoms with Crippen molar-refractivity contribution in [3.63, 3.8) is 0 Å². The second kappa shape index (κ2) is 68.2. The minimum Gasteiger partial charge on any atom is -0.462 e. The summed E-state index contributed by atoms with van der Waals surface area (Å²) < 4.78 is 68.6. The fourth-order valence-electron chi connectivity index (χ4n) is 12.0. The molecule has 0 spiro atoms. The summed E-state index contributed by atoms with van der Waals surface area (Å²) in [5, 5.41) is 10.6. The van der Waals surface area contributed by atoms with E-state index in [9.17, 15) is 43.2 Å². The van der Waals surface area contributed by atoms with E-state index in [0.29, 0.717) is 25.7 Å². The van der Waals surface area contributed by atoms with Crippen LogP contribution >= 0.6 is 15.6 Å². The first-order valence-corrected chi connectivity index (χ1v) is 43.8. The van der Waals surface area contributed by atoms with Gasteiger partial charge in [-0.2, -0.15) is 0 Å². The zero-order valence-electron chi connectivity index (χ0n) is 64.4. The van der Waals surface area contributed by atoms with Crippen LogP contribution in [0.5, 0.6) is 0 Å². The number of aliphatic hydroxyl groups excluding tert-OH is 1. The largest absolute Gasteiger partial charge is 0.472 e. The molecule has 0 heterocycles. The van der Waals surface area contributed by atoms with E-state index in [0.717, 1.165) is 120 Å². The molecule has 17 nitrogen and oxygen atoms in total. The number of unbranched alkanes of at least 4 members (excludes halogenated alkanes) is 40. The van der Waals surface area contributed by atoms with E-state index < -0.39 is 97.5 Å². The van der Waals surface area contributed by atoms with E-state index in [4.69, 9.17) is 37.0 Å². The van der Waals surface area contributed by atoms with Gasteiger partial charge in [-0.15, -0.1) is 0 Å². The SMILES string of the molecule is CCC(C)CCCCCCCCCCC(=O)OC[C@H](COP(=O)(O)OC[C@@H](O)COP(=O)(O)OC[C@@H](COC(=O)CCCCCCCCC(C)CC)OC(=O)CCCCCCCCCCCCCCC(C)C)OC(=O)CCCCCCCCCCCCCCCCCCCCC(C)C. The van der Waals surface area contributed by atoms with Crippen molar-refractivity contribution in [1.29, 1.82) is 0 Å². The summed E-state index contributed by atoms with van der Waals surface area (Å²) in [6.07, 6.45) is 54.2. The third-order valence-corrected chi connectivity index (χ3v) is 20.9. The molecule has 0 aromatic heterocycles. The van der Waals surface area contributed by atoms with Gasteiger partial charge in [0.25, 0.3) is 0 Å². The van der Waals surface area contributed by atoms with Crippen molar-refractivity contribution in [2.75, 3.05) is 39.6 Å². The van der Waals surface area contributed by atoms with Gasteiger partial charge in [0.05, 0.1) is 26.4 Å². The van der Waals surface area contributed by atoms with Gasteiger partial charge in [-0.25, -0.2) is 9.13 Å². The van der Waals surface area contributed by atoms with Crippen LogP contribution in [0.4, 0.5) is 0 Å². The smallest absolute Gasteiger partial charge is 0.462 e. The predicted molar refractivity (Wildman–Crippen MR) is 400 cm³/mol. The Morgan fingerprint density at radius 2 is 0.490 bits per heavy atom. The van der Waals surface area contributed by atoms with Crippen LogP contribution in [-0.2, 0) is 65.4 Å². The number of hydrogen-bond acceptors (Lipinski definition) is 15. The van der Waals surface area contributed by atoms with E-state index in [1.165, 1.54) is 199 Å². The van der Waals surface area contributed by atoms with Gasteiger partial charge in [0, 0.05) is 25.7 Å². The Bertz CT molecular complexity index is 1920. The molecule has 582 valence electrons. The number of rotatable bonds is 76. The summed E-state index contributed by atoms with van der Waals surface area (Å²) in [4.78, 5) is 72.9. The van der Waals surface area contributed by atoms with E-state index >= 15 is 0 Å². The Hall–Kier alpha value is -1.94. The average Bonchev–Trinajstić information content (AvgIpc) is 1.01. The number of aliphatic hydroxyl groups is 1. The molecule has 0 saturated heterocycles. The highest BCUT2D eigenvalue weighted by Crippen LogP contribution is 2.45. The summed E-state index contributed by atoms with van der Waals surface area (Å²) >= 11 is 0. The second-order valence-electron chi connectivity index (χ2n) is 29.9. The summed E-state index contributed by atoms with van der Waals surface area (Å²) in [6.45, 7) is 14.2. The molecule has 0 aliphatic carbocycles. The maximum absolute atomic E-state index is 13.1. The van der Waals surface area contributed by atoms with Crippen LogP contribution < -0.4 is 0 Å². The molecule has 4 unspecified atom stereocenters. The number of carbonyl (C=O) groups excluding carboxylic acids is 4. The van der Waals surface area contributed by atoms with Crippen molar-refractivity contribution in [3.05, 3.63) is 0 Å². The highest BCUT2D eigenvalue weighted by Gasteiger charge is 2.30. The van der Waals surface area contributed by atoms with Gasteiger partial charge >= 0.3 is 39.5 Å². The molecule has 0 aliphatic heterocycles. The standard InChI is InChI=1S/C79H154O17P2/c1-9-71(7)57-49-41-33-29-30-34-43-51-59-76(81)89-65-74(95-78(83)61-53-45-35-27-23-18-16-14-12-11-13-15-17-21-25-31-39-47-55-69(3)4)67-93-97(85,86)91-63-73(80)64-92-98(87,88)94-68-75(66-90-77(82)60-52-44-38-37-42-50-58-72(8)10-2)96-79(84)62-54-46-36-28-24-20-19-22-26-32-40-48-56-70(5)6/h69-75,80H,9-68H2,1-8H3,(H,85,86)(H,87,88)/t71?,72?,73-,74-,75-/m1/s1. The van der Waals surface area contributed by atoms with Crippen molar-refractivity contribution in [3.8, 4) is 0 Å². The van der Waals surface area contributed by atoms with Gasteiger partial charge in [-0.05, 0) is 49.4 Å². The van der Waals surface area contributed by atoms with Crippen molar-refractivity contribution in [2.45, 2.75) is 420 Å². The minimum atomic E-state index is -4.96. The van der Waals surface area contributed by atoms with Crippen LogP contribution in [0.1, 0.15) is 402 Å². The zero-order chi connectivity index (χ0) is 72.4. The monoisotopic (exact) mass is 1440 g/mol. The molecule has 0 radical (unpaired) electrons. The molecule has 0 aliphatic rings. The molecule has 19 heteroatoms. The molecule has 0 saturated carbocycles. The van der Waals surface area contributed by atoms with Gasteiger partial charge in [0.1, 0.15) is 19.3 Å². The molecule has 98 heavy (non-hydrogen) atoms. The lowest BCUT2D eigenvalue weighted by Gasteiger charge is -2.21. The van der Waals surface area contributed by atoms with Gasteiger partial charge in [0.2, 0.25) is 0 Å². The van der Waals surface area contributed by atoms with Crippen LogP contribution in [0.3, 0.4) is 0 Å². The number of ether oxygens (including phenoxy) is 4. The molecule has 3 N–H and O–H groups in total. The van der Waals surface area contributed by atoms with Crippen LogP contribution in [0, 0.1) is 23.7 Å². The maximum Gasteiger partial charge on any atom is 0.472 e. The Labute approximate surface area is 600 Å². The van der Waals surface area contributed by atoms with Gasteiger partial charge in [0.15, 0.2) is 12.2 Å². The molecule has 0 amide bonds. The first-order chi connectivity index (χ1) is 47.2. The lowest BCUT2D eigenvalue weighted by Crippen LogP contribution is -2.30. The molecular formula is C79H154O17P2. The number of phosphoric acid groups is 2. The van der Waals surface area contributed by atoms with Crippen LogP contribution in [0.2, 0.25) is 0 Å². The Balaban J connectivity index is 5.21. The topological polar surface area (TPSA) is 237 Å². The summed E-state index contributed by atoms with van der Waals surface area (Å²) in [7, 11) is -9.92. The summed E-state index contributed by atoms with van der Waals surface area (Å²) in [5.41, 5.74) is 0. The first kappa shape index (κ1) is 96.1. The molecule has 0 fully saturated rings. The summed E-state index contributed by atoms with van der Waals surface area (Å²) in [5.74, 6) is 0.987. The van der Waals surface area contributed by atoms with Crippen LogP contribution in [0.15, 0.2) is 0 Å². The van der Waals surface area contributed by atoms with E-state index in [2.05, 4.69) is 55.4 Å². The molecule has 7 atom stereocenters. The van der Waals surface area contributed by atoms with Crippen LogP contribution in [0.25, 0.3) is 0 Å². The molecule has 0 bridgehead atoms. The highest BCUT2D eigenvalue weighted by atomic mass is 31.2. The highest BCUT2D eigenvalue weighted by molar-refractivity contribution is 7.47. The average molecular weight is 1440 g/mol. The fraction of sp³-hybridized carbons (Fsp3) is 0.949. The van der Waals surface area contributed by atoms with Crippen LogP contribution in [-0.4, -0.2) is 96.7 Å². The van der Waals surface area contributed by atoms with Crippen molar-refractivity contribution < 1.29 is 80.2 Å². The van der Waals surface area contributed by atoms with E-state index in [-0.39, 0.29) is 25.7 Å². The molecule has 0 aromatic rings. The van der Waals surface area contributed by atoms with Crippen molar-refractivity contribution in [2.24, 2.45) is 23.7 Å². The van der Waals surface area contributed by atoms with Gasteiger partial charge in [-0.3, -0.25) is 37.3 Å². The molecule has 0 aromatic carbocycles. The normalized spacial score (nSPS) is 14.6. The van der Waals surface area contributed by atoms with Gasteiger partial charge in [-0.1, -0.05) is 351 Å². The Morgan fingerprint density at radius 1 is 0.286 bits per heavy atom. The van der Waals surface area contributed by atoms with Gasteiger partial charge < -0.3 is 33.8 Å². The maximum atomic E-state index is 13.1. The van der Waals surface area contributed by atoms with Crippen molar-refractivity contribution >= 4 is 39.5 Å². The quantitative estimate of drug-likeness (QED) is 0.0222. The molecule has 0 rings (SSSR count). The number of hydrogen-bond donors (Lipinski definition) is 3. The summed E-state index contributed by atoms with van der Waals surface area (Å²) in [6, 6.07) is 0. The number of phosphoric ester groups is 2. The Kier molecular flexibility index (Phi) is 66.8. The predicted octanol–water partition coefficient (Wildman–Crippen LogP) is 23.2. The lowest BCUT2D eigenvalue weighted by molar-refractivity contribution is -0.161. The Morgan fingerprint density at radius 3 is 0.724 bits per heavy atom. The lowest BCUT2D eigenvalue weighted by atomic mass is 9.99. The second-order valence-corrected chi connectivity index (χ2v) is 32.8. The van der Waals surface area contributed by atoms with Crippen molar-refractivity contribution in [1.82, 2.24) is 0 Å². The minimum absolute atomic E-state index is 0.106. The fourth-order valence-corrected chi connectivity index (χ4v) is 13.6.